The zero-order chi connectivity index (χ0) is 13.0. The van der Waals surface area contributed by atoms with Crippen molar-refractivity contribution in [1.29, 1.82) is 0 Å². The second-order valence-corrected chi connectivity index (χ2v) is 4.23. The number of hydrogen-bond acceptors (Lipinski definition) is 2. The van der Waals surface area contributed by atoms with Crippen LogP contribution in [0.2, 0.25) is 0 Å². The van der Waals surface area contributed by atoms with Crippen molar-refractivity contribution in [2.45, 2.75) is 0 Å². The van der Waals surface area contributed by atoms with E-state index in [0.29, 0.717) is 11.3 Å². The molecule has 3 heteroatoms. The van der Waals surface area contributed by atoms with Crippen LogP contribution in [0.25, 0.3) is 6.08 Å². The number of hydrogen-bond donors (Lipinski definition) is 1. The third kappa shape index (κ3) is 3.11. The van der Waals surface area contributed by atoms with E-state index in [4.69, 9.17) is 5.73 Å². The first-order chi connectivity index (χ1) is 8.65. The van der Waals surface area contributed by atoms with Crippen molar-refractivity contribution in [3.8, 4) is 0 Å². The van der Waals surface area contributed by atoms with Gasteiger partial charge in [0.1, 0.15) is 7.85 Å². The topological polar surface area (TPSA) is 43.1 Å². The lowest BCUT2D eigenvalue weighted by molar-refractivity contribution is 0.104. The number of allylic oxidation sites excluding steroid dienone is 1. The van der Waals surface area contributed by atoms with Crippen molar-refractivity contribution in [2.75, 3.05) is 5.73 Å². The second kappa shape index (κ2) is 5.36. The monoisotopic (exact) mass is 235 g/mol. The molecule has 18 heavy (non-hydrogen) atoms. The number of carbonyl (C=O) groups is 1. The van der Waals surface area contributed by atoms with E-state index in [1.54, 1.807) is 30.3 Å². The molecule has 2 aromatic rings. The van der Waals surface area contributed by atoms with Gasteiger partial charge in [0.2, 0.25) is 0 Å². The van der Waals surface area contributed by atoms with Gasteiger partial charge < -0.3 is 5.73 Å². The molecular formula is C15H14BNO. The average Bonchev–Trinajstić information content (AvgIpc) is 2.38. The van der Waals surface area contributed by atoms with Crippen LogP contribution < -0.4 is 11.2 Å². The zero-order valence-corrected chi connectivity index (χ0v) is 10.3. The largest absolute Gasteiger partial charge is 0.399 e. The lowest BCUT2D eigenvalue weighted by atomic mass is 9.95. The van der Waals surface area contributed by atoms with Gasteiger partial charge in [-0.3, -0.25) is 4.79 Å². The molecule has 0 aliphatic heterocycles. The van der Waals surface area contributed by atoms with Crippen LogP contribution in [0.5, 0.6) is 0 Å². The SMILES string of the molecule is Bc1ccc(/C=C/C(=O)c2ccc(N)cc2)cc1. The highest BCUT2D eigenvalue weighted by atomic mass is 16.1. The van der Waals surface area contributed by atoms with Gasteiger partial charge in [-0.25, -0.2) is 0 Å². The predicted octanol–water partition coefficient (Wildman–Crippen LogP) is 1.42. The Balaban J connectivity index is 2.11. The Morgan fingerprint density at radius 2 is 1.61 bits per heavy atom. The third-order valence-corrected chi connectivity index (χ3v) is 2.70. The zero-order valence-electron chi connectivity index (χ0n) is 10.3. The highest BCUT2D eigenvalue weighted by molar-refractivity contribution is 6.32. The molecular weight excluding hydrogens is 221 g/mol. The van der Waals surface area contributed by atoms with Crippen LogP contribution in [0, 0.1) is 0 Å². The van der Waals surface area contributed by atoms with Crippen molar-refractivity contribution in [2.24, 2.45) is 0 Å². The van der Waals surface area contributed by atoms with E-state index < -0.39 is 0 Å². The van der Waals surface area contributed by atoms with Gasteiger partial charge in [-0.2, -0.15) is 0 Å². The maximum absolute atomic E-state index is 11.9. The van der Waals surface area contributed by atoms with Crippen LogP contribution >= 0.6 is 0 Å². The molecule has 0 amide bonds. The Hall–Kier alpha value is -2.29. The molecule has 0 spiro atoms. The maximum atomic E-state index is 11.9. The molecule has 2 nitrogen and oxygen atoms in total. The molecule has 2 aromatic carbocycles. The fourth-order valence-corrected chi connectivity index (χ4v) is 1.59. The summed E-state index contributed by atoms with van der Waals surface area (Å²) in [6, 6.07) is 14.9. The minimum Gasteiger partial charge on any atom is -0.399 e. The first-order valence-electron chi connectivity index (χ1n) is 5.80. The fraction of sp³-hybridized carbons (Fsp3) is 0. The first kappa shape index (κ1) is 12.2. The Morgan fingerprint density at radius 1 is 1.00 bits per heavy atom. The lowest BCUT2D eigenvalue weighted by Gasteiger charge is -1.97. The van der Waals surface area contributed by atoms with Gasteiger partial charge >= 0.3 is 0 Å². The highest BCUT2D eigenvalue weighted by Gasteiger charge is 2.00. The lowest BCUT2D eigenvalue weighted by Crippen LogP contribution is -1.99. The Kier molecular flexibility index (Phi) is 3.63. The van der Waals surface area contributed by atoms with E-state index in [2.05, 4.69) is 0 Å². The molecule has 0 heterocycles. The van der Waals surface area contributed by atoms with Gasteiger partial charge in [0.05, 0.1) is 0 Å². The fourth-order valence-electron chi connectivity index (χ4n) is 1.59. The third-order valence-electron chi connectivity index (χ3n) is 2.70. The molecule has 0 radical (unpaired) electrons. The van der Waals surface area contributed by atoms with E-state index in [-0.39, 0.29) is 5.78 Å². The Labute approximate surface area is 108 Å². The number of carbonyl (C=O) groups excluding carboxylic acids is 1. The summed E-state index contributed by atoms with van der Waals surface area (Å²) in [6.07, 6.45) is 3.40. The van der Waals surface area contributed by atoms with Gasteiger partial charge in [0, 0.05) is 11.3 Å². The predicted molar refractivity (Wildman–Crippen MR) is 78.8 cm³/mol. The molecule has 88 valence electrons. The van der Waals surface area contributed by atoms with Gasteiger partial charge in [-0.1, -0.05) is 35.8 Å². The summed E-state index contributed by atoms with van der Waals surface area (Å²) in [7, 11) is 2.03. The molecule has 0 fully saturated rings. The Bertz CT molecular complexity index is 570. The summed E-state index contributed by atoms with van der Waals surface area (Å²) in [5.41, 5.74) is 9.11. The van der Waals surface area contributed by atoms with E-state index in [1.165, 1.54) is 5.46 Å². The highest BCUT2D eigenvalue weighted by Crippen LogP contribution is 2.08. The van der Waals surface area contributed by atoms with Crippen molar-refractivity contribution < 1.29 is 4.79 Å². The number of benzene rings is 2. The quantitative estimate of drug-likeness (QED) is 0.378. The van der Waals surface area contributed by atoms with E-state index in [1.807, 2.05) is 38.2 Å². The molecule has 0 saturated heterocycles. The van der Waals surface area contributed by atoms with E-state index >= 15 is 0 Å². The van der Waals surface area contributed by atoms with Crippen LogP contribution in [-0.4, -0.2) is 13.6 Å². The summed E-state index contributed by atoms with van der Waals surface area (Å²) in [4.78, 5) is 11.9. The number of nitrogen functional groups attached to an aromatic ring is 1. The number of nitrogens with two attached hydrogens (primary N) is 1. The van der Waals surface area contributed by atoms with Crippen molar-refractivity contribution in [3.63, 3.8) is 0 Å². The van der Waals surface area contributed by atoms with Crippen LogP contribution in [0.15, 0.2) is 54.6 Å². The molecule has 2 N–H and O–H groups in total. The van der Waals surface area contributed by atoms with E-state index in [0.717, 1.165) is 5.56 Å². The molecule has 0 aromatic heterocycles. The van der Waals surface area contributed by atoms with Crippen molar-refractivity contribution in [1.82, 2.24) is 0 Å². The Morgan fingerprint density at radius 3 is 2.22 bits per heavy atom. The minimum absolute atomic E-state index is 0.0180. The molecule has 0 saturated carbocycles. The second-order valence-electron chi connectivity index (χ2n) is 4.23. The van der Waals surface area contributed by atoms with Crippen molar-refractivity contribution in [3.05, 3.63) is 65.7 Å². The number of rotatable bonds is 3. The molecule has 0 aliphatic rings. The van der Waals surface area contributed by atoms with Gasteiger partial charge in [0.25, 0.3) is 0 Å². The van der Waals surface area contributed by atoms with Crippen LogP contribution in [-0.2, 0) is 0 Å². The normalized spacial score (nSPS) is 10.7. The van der Waals surface area contributed by atoms with Gasteiger partial charge in [0.15, 0.2) is 5.78 Å². The molecule has 0 atom stereocenters. The maximum Gasteiger partial charge on any atom is 0.185 e. The van der Waals surface area contributed by atoms with Gasteiger partial charge in [-0.15, -0.1) is 0 Å². The molecule has 0 unspecified atom stereocenters. The average molecular weight is 235 g/mol. The van der Waals surface area contributed by atoms with Crippen LogP contribution in [0.1, 0.15) is 15.9 Å². The summed E-state index contributed by atoms with van der Waals surface area (Å²) >= 11 is 0. The van der Waals surface area contributed by atoms with Crippen LogP contribution in [0.3, 0.4) is 0 Å². The standard InChI is InChI=1S/C15H14BNO/c16-13-6-1-11(2-7-13)3-10-15(18)12-4-8-14(17)9-5-12/h1-10H,16-17H2/b10-3+. The summed E-state index contributed by atoms with van der Waals surface area (Å²) in [5, 5.41) is 0. The van der Waals surface area contributed by atoms with Crippen molar-refractivity contribution >= 4 is 30.9 Å². The minimum atomic E-state index is -0.0180. The molecule has 2 rings (SSSR count). The summed E-state index contributed by atoms with van der Waals surface area (Å²) in [6.45, 7) is 0. The summed E-state index contributed by atoms with van der Waals surface area (Å²) in [5.74, 6) is -0.0180. The molecule has 0 bridgehead atoms. The van der Waals surface area contributed by atoms with Gasteiger partial charge in [-0.05, 0) is 35.9 Å². The van der Waals surface area contributed by atoms with E-state index in [9.17, 15) is 4.79 Å². The number of anilines is 1. The molecule has 0 aliphatic carbocycles. The first-order valence-corrected chi connectivity index (χ1v) is 5.80. The smallest absolute Gasteiger partial charge is 0.185 e. The number of ketones is 1. The summed E-state index contributed by atoms with van der Waals surface area (Å²) < 4.78 is 0. The van der Waals surface area contributed by atoms with Crippen LogP contribution in [0.4, 0.5) is 5.69 Å².